The van der Waals surface area contributed by atoms with Gasteiger partial charge in [0, 0.05) is 11.1 Å². The van der Waals surface area contributed by atoms with E-state index in [4.69, 9.17) is 23.2 Å². The van der Waals surface area contributed by atoms with Crippen LogP contribution in [-0.2, 0) is 12.2 Å². The van der Waals surface area contributed by atoms with Crippen LogP contribution in [0.5, 0.6) is 17.2 Å². The van der Waals surface area contributed by atoms with Gasteiger partial charge in [-0.15, -0.1) is 10.2 Å². The van der Waals surface area contributed by atoms with Gasteiger partial charge in [-0.25, -0.2) is 0 Å². The van der Waals surface area contributed by atoms with E-state index in [9.17, 15) is 0 Å². The molecule has 0 amide bonds. The van der Waals surface area contributed by atoms with E-state index in [2.05, 4.69) is 39.4 Å². The fourth-order valence-corrected chi connectivity index (χ4v) is 3.63. The van der Waals surface area contributed by atoms with Crippen molar-refractivity contribution in [2.24, 2.45) is 0 Å². The Balaban J connectivity index is 1.46. The normalized spacial score (nSPS) is 10.9. The first kappa shape index (κ1) is 21.7. The Morgan fingerprint density at radius 2 is 1.62 bits per heavy atom. The molecule has 0 spiro atoms. The summed E-state index contributed by atoms with van der Waals surface area (Å²) in [4.78, 5) is 4.45. The first-order valence-electron chi connectivity index (χ1n) is 9.83. The van der Waals surface area contributed by atoms with Crippen LogP contribution in [0.2, 0.25) is 0 Å². The minimum atomic E-state index is 0.328. The molecule has 2 heterocycles. The summed E-state index contributed by atoms with van der Waals surface area (Å²) in [5.41, 5.74) is 2.81. The van der Waals surface area contributed by atoms with Crippen molar-refractivity contribution in [3.05, 3.63) is 47.9 Å². The molecule has 166 valence electrons. The quantitative estimate of drug-likeness (QED) is 0.331. The molecule has 0 saturated heterocycles. The molecule has 0 fully saturated rings. The molecular weight excluding hydrogens is 432 g/mol. The molecule has 10 heteroatoms. The van der Waals surface area contributed by atoms with E-state index < -0.39 is 0 Å². The lowest BCUT2D eigenvalue weighted by molar-refractivity contribution is 0.324. The molecule has 4 rings (SSSR count). The third kappa shape index (κ3) is 4.54. The number of ether oxygens (including phenoxy) is 3. The predicted molar refractivity (Wildman–Crippen MR) is 118 cm³/mol. The zero-order valence-electron chi connectivity index (χ0n) is 18.1. The second-order valence-electron chi connectivity index (χ2n) is 6.64. The summed E-state index contributed by atoms with van der Waals surface area (Å²) in [6.07, 6.45) is 0.983. The first-order chi connectivity index (χ1) is 15.6. The third-order valence-corrected chi connectivity index (χ3v) is 5.53. The molecule has 0 bridgehead atoms. The summed E-state index contributed by atoms with van der Waals surface area (Å²) in [7, 11) is 4.64. The van der Waals surface area contributed by atoms with E-state index >= 15 is 0 Å². The van der Waals surface area contributed by atoms with Crippen molar-refractivity contribution in [2.75, 3.05) is 21.3 Å². The Hall–Kier alpha value is -3.53. The summed E-state index contributed by atoms with van der Waals surface area (Å²) >= 11 is 1.31. The maximum absolute atomic E-state index is 5.78. The Morgan fingerprint density at radius 1 is 0.906 bits per heavy atom. The van der Waals surface area contributed by atoms with E-state index in [-0.39, 0.29) is 0 Å². The van der Waals surface area contributed by atoms with Crippen LogP contribution in [0.15, 0.2) is 50.6 Å². The van der Waals surface area contributed by atoms with Crippen LogP contribution in [0.3, 0.4) is 0 Å². The van der Waals surface area contributed by atoms with Gasteiger partial charge in [0.1, 0.15) is 0 Å². The fraction of sp³-hybridized carbons (Fsp3) is 0.273. The van der Waals surface area contributed by atoms with Crippen LogP contribution in [0, 0.1) is 0 Å². The van der Waals surface area contributed by atoms with Gasteiger partial charge in [-0.2, -0.15) is 4.98 Å². The molecule has 2 aromatic carbocycles. The van der Waals surface area contributed by atoms with Crippen molar-refractivity contribution in [1.82, 2.24) is 20.3 Å². The third-order valence-electron chi connectivity index (χ3n) is 4.73. The number of nitrogens with zero attached hydrogens (tertiary/aromatic N) is 4. The van der Waals surface area contributed by atoms with Gasteiger partial charge in [-0.3, -0.25) is 0 Å². The molecule has 0 radical (unpaired) electrons. The van der Waals surface area contributed by atoms with E-state index in [1.165, 1.54) is 17.3 Å². The molecule has 0 aliphatic rings. The lowest BCUT2D eigenvalue weighted by Gasteiger charge is -2.12. The van der Waals surface area contributed by atoms with Crippen LogP contribution in [0.1, 0.15) is 18.4 Å². The van der Waals surface area contributed by atoms with Gasteiger partial charge in [0.15, 0.2) is 11.5 Å². The van der Waals surface area contributed by atoms with Crippen molar-refractivity contribution in [1.29, 1.82) is 0 Å². The number of rotatable bonds is 9. The van der Waals surface area contributed by atoms with Crippen molar-refractivity contribution >= 4 is 11.8 Å². The zero-order chi connectivity index (χ0) is 22.5. The van der Waals surface area contributed by atoms with Gasteiger partial charge < -0.3 is 23.2 Å². The summed E-state index contributed by atoms with van der Waals surface area (Å²) < 4.78 is 27.2. The second kappa shape index (κ2) is 9.73. The SMILES string of the molecule is CCc1ccc(-c2noc(CSc3nnc(-c4cc(OC)c(OC)c(OC)c4)o3)n2)cc1. The van der Waals surface area contributed by atoms with Gasteiger partial charge in [0.2, 0.25) is 23.4 Å². The molecule has 9 nitrogen and oxygen atoms in total. The fourth-order valence-electron chi connectivity index (χ4n) is 3.03. The number of thioether (sulfide) groups is 1. The lowest BCUT2D eigenvalue weighted by Crippen LogP contribution is -1.95. The van der Waals surface area contributed by atoms with Gasteiger partial charge in [-0.05, 0) is 24.1 Å². The largest absolute Gasteiger partial charge is 0.493 e. The minimum absolute atomic E-state index is 0.328. The molecule has 0 atom stereocenters. The van der Waals surface area contributed by atoms with E-state index in [1.54, 1.807) is 33.5 Å². The topological polar surface area (TPSA) is 106 Å². The highest BCUT2D eigenvalue weighted by molar-refractivity contribution is 7.98. The minimum Gasteiger partial charge on any atom is -0.493 e. The standard InChI is InChI=1S/C22H22N4O5S/c1-5-13-6-8-14(9-7-13)20-23-18(31-26-20)12-32-22-25-24-21(30-22)15-10-16(27-2)19(29-4)17(11-15)28-3/h6-11H,5,12H2,1-4H3. The highest BCUT2D eigenvalue weighted by atomic mass is 32.2. The number of benzene rings is 2. The molecule has 2 aromatic heterocycles. The summed E-state index contributed by atoms with van der Waals surface area (Å²) in [5, 5.41) is 12.6. The van der Waals surface area contributed by atoms with Crippen LogP contribution >= 0.6 is 11.8 Å². The maximum atomic E-state index is 5.78. The number of methoxy groups -OCH3 is 3. The summed E-state index contributed by atoms with van der Waals surface area (Å²) in [5.74, 6) is 3.23. The Labute approximate surface area is 189 Å². The van der Waals surface area contributed by atoms with Gasteiger partial charge in [-0.1, -0.05) is 48.1 Å². The number of aromatic nitrogens is 4. The maximum Gasteiger partial charge on any atom is 0.277 e. The lowest BCUT2D eigenvalue weighted by atomic mass is 10.1. The van der Waals surface area contributed by atoms with Crippen LogP contribution in [-0.4, -0.2) is 41.7 Å². The van der Waals surface area contributed by atoms with Gasteiger partial charge in [0.25, 0.3) is 5.22 Å². The molecule has 0 unspecified atom stereocenters. The van der Waals surface area contributed by atoms with Crippen molar-refractivity contribution < 1.29 is 23.2 Å². The number of hydrogen-bond acceptors (Lipinski definition) is 10. The van der Waals surface area contributed by atoms with Crippen molar-refractivity contribution in [3.8, 4) is 40.1 Å². The first-order valence-corrected chi connectivity index (χ1v) is 10.8. The van der Waals surface area contributed by atoms with Crippen LogP contribution in [0.4, 0.5) is 0 Å². The second-order valence-corrected chi connectivity index (χ2v) is 7.56. The van der Waals surface area contributed by atoms with Crippen LogP contribution < -0.4 is 14.2 Å². The highest BCUT2D eigenvalue weighted by Crippen LogP contribution is 2.41. The summed E-state index contributed by atoms with van der Waals surface area (Å²) in [6.45, 7) is 2.11. The van der Waals surface area contributed by atoms with Crippen molar-refractivity contribution in [2.45, 2.75) is 24.3 Å². The molecule has 4 aromatic rings. The number of hydrogen-bond donors (Lipinski definition) is 0. The molecule has 32 heavy (non-hydrogen) atoms. The Bertz CT molecular complexity index is 1160. The van der Waals surface area contributed by atoms with E-state index in [1.807, 2.05) is 12.1 Å². The molecule has 0 aliphatic carbocycles. The molecule has 0 saturated carbocycles. The average molecular weight is 455 g/mol. The monoisotopic (exact) mass is 454 g/mol. The molecule has 0 N–H and O–H groups in total. The van der Waals surface area contributed by atoms with Gasteiger partial charge in [0.05, 0.1) is 27.1 Å². The van der Waals surface area contributed by atoms with Crippen molar-refractivity contribution in [3.63, 3.8) is 0 Å². The smallest absolute Gasteiger partial charge is 0.277 e. The summed E-state index contributed by atoms with van der Waals surface area (Å²) in [6, 6.07) is 11.6. The Kier molecular flexibility index (Phi) is 6.60. The van der Waals surface area contributed by atoms with E-state index in [0.29, 0.717) is 51.4 Å². The zero-order valence-corrected chi connectivity index (χ0v) is 18.9. The number of aryl methyl sites for hydroxylation is 1. The van der Waals surface area contributed by atoms with Gasteiger partial charge >= 0.3 is 0 Å². The average Bonchev–Trinajstić information content (AvgIpc) is 3.51. The Morgan fingerprint density at radius 3 is 2.25 bits per heavy atom. The highest BCUT2D eigenvalue weighted by Gasteiger charge is 2.18. The van der Waals surface area contributed by atoms with E-state index in [0.717, 1.165) is 12.0 Å². The molecule has 0 aliphatic heterocycles. The predicted octanol–water partition coefficient (Wildman–Crippen LogP) is 4.67. The van der Waals surface area contributed by atoms with Crippen LogP contribution in [0.25, 0.3) is 22.8 Å². The molecular formula is C22H22N4O5S.